The van der Waals surface area contributed by atoms with Gasteiger partial charge in [-0.3, -0.25) is 4.90 Å². The van der Waals surface area contributed by atoms with E-state index in [1.165, 1.54) is 4.90 Å². The molecule has 1 aromatic rings. The largest absolute Gasteiger partial charge is 0.497 e. The van der Waals surface area contributed by atoms with Crippen molar-refractivity contribution in [3.05, 3.63) is 24.3 Å². The second-order valence-corrected chi connectivity index (χ2v) is 3.43. The van der Waals surface area contributed by atoms with E-state index in [0.29, 0.717) is 0 Å². The summed E-state index contributed by atoms with van der Waals surface area (Å²) in [5.41, 5.74) is 0.842. The van der Waals surface area contributed by atoms with Crippen LogP contribution in [0.5, 0.6) is 5.75 Å². The molecule has 82 valence electrons. The summed E-state index contributed by atoms with van der Waals surface area (Å²) in [6, 6.07) is 7.30. The molecule has 0 saturated carbocycles. The fourth-order valence-corrected chi connectivity index (χ4v) is 1.22. The standard InChI is InChI=1S/C11H16N2O2/c1-12(2)11(14)13(3)9-5-7-10(15-4)8-6-9/h5-8H,1-4H3. The number of nitrogens with zero attached hydrogens (tertiary/aromatic N) is 2. The summed E-state index contributed by atoms with van der Waals surface area (Å²) in [6.07, 6.45) is 0. The van der Waals surface area contributed by atoms with E-state index in [-0.39, 0.29) is 6.03 Å². The van der Waals surface area contributed by atoms with E-state index in [4.69, 9.17) is 4.74 Å². The lowest BCUT2D eigenvalue weighted by Gasteiger charge is -2.21. The van der Waals surface area contributed by atoms with Crippen LogP contribution in [0.4, 0.5) is 10.5 Å². The number of hydrogen-bond acceptors (Lipinski definition) is 2. The topological polar surface area (TPSA) is 32.8 Å². The van der Waals surface area contributed by atoms with Crippen LogP contribution >= 0.6 is 0 Å². The van der Waals surface area contributed by atoms with Gasteiger partial charge in [-0.2, -0.15) is 0 Å². The van der Waals surface area contributed by atoms with Gasteiger partial charge in [-0.1, -0.05) is 0 Å². The smallest absolute Gasteiger partial charge is 0.323 e. The van der Waals surface area contributed by atoms with Crippen molar-refractivity contribution in [2.45, 2.75) is 0 Å². The Morgan fingerprint density at radius 1 is 1.13 bits per heavy atom. The van der Waals surface area contributed by atoms with Crippen LogP contribution in [0.2, 0.25) is 0 Å². The minimum absolute atomic E-state index is 0.0554. The van der Waals surface area contributed by atoms with E-state index < -0.39 is 0 Å². The highest BCUT2D eigenvalue weighted by Gasteiger charge is 2.11. The van der Waals surface area contributed by atoms with Crippen LogP contribution in [0.1, 0.15) is 0 Å². The van der Waals surface area contributed by atoms with Crippen LogP contribution in [0, 0.1) is 0 Å². The van der Waals surface area contributed by atoms with E-state index in [0.717, 1.165) is 11.4 Å². The molecule has 0 aliphatic heterocycles. The van der Waals surface area contributed by atoms with Crippen molar-refractivity contribution in [3.63, 3.8) is 0 Å². The van der Waals surface area contributed by atoms with Gasteiger partial charge in [0.05, 0.1) is 7.11 Å². The monoisotopic (exact) mass is 208 g/mol. The van der Waals surface area contributed by atoms with Gasteiger partial charge >= 0.3 is 6.03 Å². The van der Waals surface area contributed by atoms with Gasteiger partial charge in [-0.25, -0.2) is 4.79 Å². The Kier molecular flexibility index (Phi) is 3.55. The Morgan fingerprint density at radius 2 is 1.67 bits per heavy atom. The normalized spacial score (nSPS) is 9.60. The maximum absolute atomic E-state index is 11.6. The van der Waals surface area contributed by atoms with E-state index in [1.54, 1.807) is 33.2 Å². The third kappa shape index (κ3) is 2.62. The third-order valence-electron chi connectivity index (χ3n) is 2.13. The maximum Gasteiger partial charge on any atom is 0.323 e. The van der Waals surface area contributed by atoms with Crippen molar-refractivity contribution in [3.8, 4) is 5.75 Å². The Morgan fingerprint density at radius 3 is 2.07 bits per heavy atom. The number of benzene rings is 1. The van der Waals surface area contributed by atoms with Crippen LogP contribution in [-0.4, -0.2) is 39.2 Å². The molecule has 4 nitrogen and oxygen atoms in total. The average Bonchev–Trinajstić information content (AvgIpc) is 2.27. The Bertz CT molecular complexity index is 333. The van der Waals surface area contributed by atoms with Gasteiger partial charge in [0.15, 0.2) is 0 Å². The van der Waals surface area contributed by atoms with Crippen LogP contribution in [0.25, 0.3) is 0 Å². The molecule has 0 bridgehead atoms. The first-order valence-electron chi connectivity index (χ1n) is 4.65. The van der Waals surface area contributed by atoms with E-state index in [1.807, 2.05) is 24.3 Å². The van der Waals surface area contributed by atoms with Crippen LogP contribution in [0.3, 0.4) is 0 Å². The zero-order valence-corrected chi connectivity index (χ0v) is 9.52. The molecule has 0 atom stereocenters. The number of amides is 2. The first-order chi connectivity index (χ1) is 7.06. The molecule has 0 heterocycles. The summed E-state index contributed by atoms with van der Waals surface area (Å²) in [7, 11) is 6.80. The van der Waals surface area contributed by atoms with Gasteiger partial charge in [-0.15, -0.1) is 0 Å². The van der Waals surface area contributed by atoms with Crippen molar-refractivity contribution < 1.29 is 9.53 Å². The highest BCUT2D eigenvalue weighted by molar-refractivity contribution is 5.91. The second kappa shape index (κ2) is 4.68. The number of carbonyl (C=O) groups excluding carboxylic acids is 1. The number of carbonyl (C=O) groups is 1. The van der Waals surface area contributed by atoms with Gasteiger partial charge < -0.3 is 9.64 Å². The minimum Gasteiger partial charge on any atom is -0.497 e. The Labute approximate surface area is 90.1 Å². The number of rotatable bonds is 2. The van der Waals surface area contributed by atoms with Crippen molar-refractivity contribution >= 4 is 11.7 Å². The fourth-order valence-electron chi connectivity index (χ4n) is 1.22. The molecule has 0 radical (unpaired) electrons. The molecule has 1 rings (SSSR count). The SMILES string of the molecule is COc1ccc(N(C)C(=O)N(C)C)cc1. The third-order valence-corrected chi connectivity index (χ3v) is 2.13. The number of urea groups is 1. The molecule has 0 fully saturated rings. The molecular weight excluding hydrogens is 192 g/mol. The molecule has 0 aromatic heterocycles. The van der Waals surface area contributed by atoms with E-state index in [2.05, 4.69) is 0 Å². The molecule has 0 N–H and O–H groups in total. The predicted octanol–water partition coefficient (Wildman–Crippen LogP) is 1.81. The fraction of sp³-hybridized carbons (Fsp3) is 0.364. The summed E-state index contributed by atoms with van der Waals surface area (Å²) >= 11 is 0. The lowest BCUT2D eigenvalue weighted by Crippen LogP contribution is -2.36. The maximum atomic E-state index is 11.6. The number of anilines is 1. The summed E-state index contributed by atoms with van der Waals surface area (Å²) < 4.78 is 5.04. The molecular formula is C11H16N2O2. The van der Waals surface area contributed by atoms with Crippen molar-refractivity contribution in [1.82, 2.24) is 4.90 Å². The molecule has 0 aliphatic carbocycles. The van der Waals surface area contributed by atoms with Crippen LogP contribution in [-0.2, 0) is 0 Å². The van der Waals surface area contributed by atoms with Crippen molar-refractivity contribution in [2.75, 3.05) is 33.2 Å². The molecule has 1 aromatic carbocycles. The highest BCUT2D eigenvalue weighted by atomic mass is 16.5. The molecule has 2 amide bonds. The number of hydrogen-bond donors (Lipinski definition) is 0. The van der Waals surface area contributed by atoms with Crippen LogP contribution in [0.15, 0.2) is 24.3 Å². The van der Waals surface area contributed by atoms with Gasteiger partial charge in [0.25, 0.3) is 0 Å². The number of methoxy groups -OCH3 is 1. The zero-order valence-electron chi connectivity index (χ0n) is 9.52. The molecule has 0 saturated heterocycles. The summed E-state index contributed by atoms with van der Waals surface area (Å²) in [5, 5.41) is 0. The van der Waals surface area contributed by atoms with Gasteiger partial charge in [0, 0.05) is 26.8 Å². The van der Waals surface area contributed by atoms with Crippen molar-refractivity contribution in [1.29, 1.82) is 0 Å². The molecule has 0 spiro atoms. The number of ether oxygens (including phenoxy) is 1. The highest BCUT2D eigenvalue weighted by Crippen LogP contribution is 2.18. The van der Waals surface area contributed by atoms with E-state index >= 15 is 0 Å². The lowest BCUT2D eigenvalue weighted by atomic mass is 10.3. The molecule has 4 heteroatoms. The average molecular weight is 208 g/mol. The van der Waals surface area contributed by atoms with Gasteiger partial charge in [0.1, 0.15) is 5.75 Å². The first kappa shape index (κ1) is 11.4. The van der Waals surface area contributed by atoms with E-state index in [9.17, 15) is 4.79 Å². The summed E-state index contributed by atoms with van der Waals surface area (Å²) in [4.78, 5) is 14.7. The molecule has 0 aliphatic rings. The zero-order chi connectivity index (χ0) is 11.4. The first-order valence-corrected chi connectivity index (χ1v) is 4.65. The van der Waals surface area contributed by atoms with Gasteiger partial charge in [-0.05, 0) is 24.3 Å². The molecule has 15 heavy (non-hydrogen) atoms. The summed E-state index contributed by atoms with van der Waals surface area (Å²) in [5.74, 6) is 0.782. The quantitative estimate of drug-likeness (QED) is 0.742. The molecule has 0 unspecified atom stereocenters. The lowest BCUT2D eigenvalue weighted by molar-refractivity contribution is 0.225. The van der Waals surface area contributed by atoms with Crippen molar-refractivity contribution in [2.24, 2.45) is 0 Å². The summed E-state index contributed by atoms with van der Waals surface area (Å²) in [6.45, 7) is 0. The predicted molar refractivity (Wildman–Crippen MR) is 60.5 cm³/mol. The second-order valence-electron chi connectivity index (χ2n) is 3.43. The minimum atomic E-state index is -0.0554. The Hall–Kier alpha value is -1.71. The Balaban J connectivity index is 2.82. The van der Waals surface area contributed by atoms with Gasteiger partial charge in [0.2, 0.25) is 0 Å². The van der Waals surface area contributed by atoms with Crippen LogP contribution < -0.4 is 9.64 Å².